The standard InChI is InChI=1S/C24H22B4F8N8O4/c1-19(2,24(34,35)36)5-4-11(39-17(45)15-16(20(29,30)31)42-48-41-15)12-8-43-14(38-12)6-10(7-37-43)13(9-47-3)44-18(46)40-22(25,26)21(32,33)23(44,27)28/h6-8,11,13H,4-5,9H2,1-3H3,(H,39,45)(H,40,46). The highest BCUT2D eigenvalue weighted by molar-refractivity contribution is 6.48. The number of nitrogens with one attached hydrogen (secondary N) is 2. The molecule has 48 heavy (non-hydrogen) atoms. The monoisotopic (exact) mass is 682 g/mol. The number of nitrogens with zero attached hydrogens (tertiary/aromatic N) is 6. The summed E-state index contributed by atoms with van der Waals surface area (Å²) in [5.41, 5.74) is -5.70. The van der Waals surface area contributed by atoms with Gasteiger partial charge in [-0.1, -0.05) is 13.8 Å². The number of alkyl halides is 8. The number of urea groups is 1. The van der Waals surface area contributed by atoms with E-state index in [1.165, 1.54) is 13.2 Å². The highest BCUT2D eigenvalue weighted by Gasteiger charge is 2.64. The molecule has 12 nitrogen and oxygen atoms in total. The van der Waals surface area contributed by atoms with Crippen molar-refractivity contribution in [1.82, 2.24) is 40.4 Å². The maximum Gasteiger partial charge on any atom is 0.439 e. The molecule has 3 amide bonds. The summed E-state index contributed by atoms with van der Waals surface area (Å²) in [4.78, 5) is 30.4. The third kappa shape index (κ3) is 6.58. The van der Waals surface area contributed by atoms with E-state index >= 15 is 8.78 Å². The number of rotatable bonds is 10. The van der Waals surface area contributed by atoms with Gasteiger partial charge in [-0.25, -0.2) is 27.7 Å². The number of imidazole rings is 1. The second kappa shape index (κ2) is 12.2. The van der Waals surface area contributed by atoms with Crippen LogP contribution in [-0.2, 0) is 10.9 Å². The number of hydrogen-bond acceptors (Lipinski definition) is 8. The van der Waals surface area contributed by atoms with E-state index in [-0.39, 0.29) is 16.9 Å². The molecule has 3 aromatic rings. The predicted octanol–water partition coefficient (Wildman–Crippen LogP) is 2.30. The highest BCUT2D eigenvalue weighted by Crippen LogP contribution is 2.44. The van der Waals surface area contributed by atoms with Crippen molar-refractivity contribution in [3.05, 3.63) is 41.1 Å². The number of carbonyl (C=O) groups excluding carboxylic acids is 2. The van der Waals surface area contributed by atoms with E-state index in [1.807, 2.05) is 0 Å². The van der Waals surface area contributed by atoms with Crippen LogP contribution in [0.25, 0.3) is 5.65 Å². The molecule has 2 N–H and O–H groups in total. The van der Waals surface area contributed by atoms with Gasteiger partial charge in [0.15, 0.2) is 5.65 Å². The summed E-state index contributed by atoms with van der Waals surface area (Å²) in [5, 5.41) is 7.21. The zero-order valence-corrected chi connectivity index (χ0v) is 25.2. The Morgan fingerprint density at radius 3 is 2.35 bits per heavy atom. The molecule has 8 radical (unpaired) electrons. The van der Waals surface area contributed by atoms with Crippen molar-refractivity contribution in [3.63, 3.8) is 0 Å². The molecule has 1 aliphatic rings. The molecule has 4 heterocycles. The van der Waals surface area contributed by atoms with Crippen molar-refractivity contribution >= 4 is 49.0 Å². The number of ether oxygens (including phenoxy) is 1. The molecule has 4 rings (SSSR count). The van der Waals surface area contributed by atoms with Gasteiger partial charge in [-0.05, 0) is 29.2 Å². The first-order chi connectivity index (χ1) is 21.9. The number of methoxy groups -OCH3 is 1. The first-order valence-corrected chi connectivity index (χ1v) is 13.6. The lowest BCUT2D eigenvalue weighted by atomic mass is 9.43. The van der Waals surface area contributed by atoms with E-state index in [0.29, 0.717) is 4.90 Å². The second-order valence-corrected chi connectivity index (χ2v) is 11.7. The van der Waals surface area contributed by atoms with Crippen LogP contribution >= 0.6 is 0 Å². The van der Waals surface area contributed by atoms with Crippen molar-refractivity contribution in [2.45, 2.75) is 67.7 Å². The summed E-state index contributed by atoms with van der Waals surface area (Å²) in [7, 11) is 23.4. The summed E-state index contributed by atoms with van der Waals surface area (Å²) < 4.78 is 121. The first kappa shape index (κ1) is 37.0. The van der Waals surface area contributed by atoms with E-state index in [4.69, 9.17) is 36.1 Å². The molecule has 3 aromatic heterocycles. The van der Waals surface area contributed by atoms with Gasteiger partial charge < -0.3 is 20.3 Å². The molecule has 1 fully saturated rings. The lowest BCUT2D eigenvalue weighted by Crippen LogP contribution is -2.83. The minimum Gasteiger partial charge on any atom is -0.382 e. The maximum atomic E-state index is 15.2. The Morgan fingerprint density at radius 2 is 1.77 bits per heavy atom. The number of halogens is 8. The maximum absolute atomic E-state index is 15.2. The highest BCUT2D eigenvalue weighted by atomic mass is 19.4. The van der Waals surface area contributed by atoms with E-state index < -0.39 is 89.2 Å². The van der Waals surface area contributed by atoms with E-state index in [9.17, 15) is 35.9 Å². The first-order valence-electron chi connectivity index (χ1n) is 13.6. The average Bonchev–Trinajstić information content (AvgIpc) is 3.60. The van der Waals surface area contributed by atoms with Crippen LogP contribution in [0.4, 0.5) is 39.9 Å². The SMILES string of the molecule is [B]C1([B])NC(=O)N(C(COC)c2cnn3cc(C(CCC(C)(C)C(F)(F)F)NC(=O)c4nonc4C(F)(F)F)nc3c2)C([B])([B])C1(F)F. The van der Waals surface area contributed by atoms with Gasteiger partial charge in [0, 0.05) is 23.3 Å². The van der Waals surface area contributed by atoms with Gasteiger partial charge in [0.1, 0.15) is 0 Å². The predicted molar refractivity (Wildman–Crippen MR) is 150 cm³/mol. The third-order valence-corrected chi connectivity index (χ3v) is 7.79. The Balaban J connectivity index is 1.74. The van der Waals surface area contributed by atoms with Gasteiger partial charge >= 0.3 is 18.4 Å². The smallest absolute Gasteiger partial charge is 0.382 e. The zero-order valence-electron chi connectivity index (χ0n) is 25.2. The molecule has 0 saturated carbocycles. The van der Waals surface area contributed by atoms with Gasteiger partial charge in [-0.15, -0.1) is 0 Å². The van der Waals surface area contributed by atoms with Crippen LogP contribution in [0.2, 0.25) is 0 Å². The fourth-order valence-corrected chi connectivity index (χ4v) is 4.79. The number of carbonyl (C=O) groups is 2. The molecule has 1 saturated heterocycles. The Hall–Kier alpha value is -3.84. The molecule has 0 aromatic carbocycles. The van der Waals surface area contributed by atoms with Crippen molar-refractivity contribution in [3.8, 4) is 0 Å². The molecule has 24 heteroatoms. The van der Waals surface area contributed by atoms with Gasteiger partial charge in [0.05, 0.1) is 73.6 Å². The summed E-state index contributed by atoms with van der Waals surface area (Å²) in [6, 6.07) is -3.06. The molecule has 0 aliphatic carbocycles. The van der Waals surface area contributed by atoms with E-state index in [1.54, 1.807) is 5.32 Å². The van der Waals surface area contributed by atoms with Gasteiger partial charge in [0.2, 0.25) is 11.4 Å². The Kier molecular flexibility index (Phi) is 9.43. The Morgan fingerprint density at radius 1 is 1.12 bits per heavy atom. The summed E-state index contributed by atoms with van der Waals surface area (Å²) in [5.74, 6) is -5.82. The van der Waals surface area contributed by atoms with Gasteiger partial charge in [0.25, 0.3) is 11.8 Å². The molecule has 0 spiro atoms. The van der Waals surface area contributed by atoms with E-state index in [0.717, 1.165) is 30.8 Å². The number of aromatic nitrogens is 5. The van der Waals surface area contributed by atoms with Crippen molar-refractivity contribution in [2.24, 2.45) is 5.41 Å². The summed E-state index contributed by atoms with van der Waals surface area (Å²) in [6.45, 7) is 1.28. The summed E-state index contributed by atoms with van der Waals surface area (Å²) >= 11 is 0. The van der Waals surface area contributed by atoms with Crippen LogP contribution in [0.5, 0.6) is 0 Å². The molecular formula is C24H22B4F8N8O4. The van der Waals surface area contributed by atoms with E-state index in [2.05, 4.69) is 30.3 Å². The van der Waals surface area contributed by atoms with Crippen molar-refractivity contribution < 1.29 is 54.1 Å². The molecule has 2 unspecified atom stereocenters. The quantitative estimate of drug-likeness (QED) is 0.246. The van der Waals surface area contributed by atoms with Crippen LogP contribution in [-0.4, -0.2) is 110 Å². The third-order valence-electron chi connectivity index (χ3n) is 7.79. The minimum absolute atomic E-state index is 0.0449. The Bertz CT molecular complexity index is 1680. The van der Waals surface area contributed by atoms with Crippen LogP contribution < -0.4 is 10.6 Å². The second-order valence-electron chi connectivity index (χ2n) is 11.7. The van der Waals surface area contributed by atoms with Gasteiger partial charge in [-0.3, -0.25) is 4.79 Å². The zero-order chi connectivity index (χ0) is 36.3. The topological polar surface area (TPSA) is 140 Å². The minimum atomic E-state index is -5.15. The molecule has 0 bridgehead atoms. The number of amides is 3. The lowest BCUT2D eigenvalue weighted by molar-refractivity contribution is -0.214. The summed E-state index contributed by atoms with van der Waals surface area (Å²) in [6.07, 6.45) is -8.76. The van der Waals surface area contributed by atoms with Crippen LogP contribution in [0, 0.1) is 5.41 Å². The average molecular weight is 682 g/mol. The van der Waals surface area contributed by atoms with Crippen molar-refractivity contribution in [2.75, 3.05) is 13.7 Å². The Labute approximate surface area is 271 Å². The number of fused-ring (bicyclic) bond motifs is 1. The van der Waals surface area contributed by atoms with Crippen LogP contribution in [0.3, 0.4) is 0 Å². The molecular weight excluding hydrogens is 660 g/mol. The molecule has 250 valence electrons. The van der Waals surface area contributed by atoms with Crippen molar-refractivity contribution in [1.29, 1.82) is 0 Å². The van der Waals surface area contributed by atoms with Crippen LogP contribution in [0.15, 0.2) is 23.1 Å². The fraction of sp³-hybridized carbons (Fsp3) is 0.583. The number of hydrogen-bond donors (Lipinski definition) is 2. The fourth-order valence-electron chi connectivity index (χ4n) is 4.79. The normalized spacial score (nSPS) is 19.1. The molecule has 2 atom stereocenters. The van der Waals surface area contributed by atoms with Gasteiger partial charge in [-0.2, -0.15) is 31.4 Å². The van der Waals surface area contributed by atoms with Crippen LogP contribution in [0.1, 0.15) is 66.2 Å². The lowest BCUT2D eigenvalue weighted by Gasteiger charge is -2.58. The largest absolute Gasteiger partial charge is 0.439 e. The molecule has 1 aliphatic heterocycles.